The van der Waals surface area contributed by atoms with Crippen molar-refractivity contribution in [3.63, 3.8) is 0 Å². The predicted molar refractivity (Wildman–Crippen MR) is 153 cm³/mol. The van der Waals surface area contributed by atoms with Crippen LogP contribution in [0.4, 0.5) is 0 Å². The highest BCUT2D eigenvalue weighted by molar-refractivity contribution is 7.99. The fourth-order valence-electron chi connectivity index (χ4n) is 4.55. The van der Waals surface area contributed by atoms with Crippen molar-refractivity contribution in [1.29, 1.82) is 0 Å². The third-order valence-corrected chi connectivity index (χ3v) is 7.73. The molecule has 0 unspecified atom stereocenters. The minimum Gasteiger partial charge on any atom is -0.392 e. The lowest BCUT2D eigenvalue weighted by molar-refractivity contribution is -0.245. The molecule has 6 nitrogen and oxygen atoms in total. The van der Waals surface area contributed by atoms with E-state index in [1.807, 2.05) is 54.6 Å². The first-order chi connectivity index (χ1) is 19.1. The van der Waals surface area contributed by atoms with E-state index in [2.05, 4.69) is 46.7 Å². The summed E-state index contributed by atoms with van der Waals surface area (Å²) in [7, 11) is 0. The van der Waals surface area contributed by atoms with Crippen molar-refractivity contribution >= 4 is 17.7 Å². The lowest BCUT2D eigenvalue weighted by Crippen LogP contribution is -2.31. The summed E-state index contributed by atoms with van der Waals surface area (Å²) in [5.74, 6) is 0.720. The zero-order chi connectivity index (χ0) is 27.0. The Hall–Kier alpha value is -3.49. The molecule has 0 bridgehead atoms. The van der Waals surface area contributed by atoms with Gasteiger partial charge >= 0.3 is 0 Å². The smallest absolute Gasteiger partial charge is 0.217 e. The first kappa shape index (κ1) is 27.1. The van der Waals surface area contributed by atoms with Gasteiger partial charge in [-0.3, -0.25) is 4.79 Å². The average Bonchev–Trinajstić information content (AvgIpc) is 2.99. The largest absolute Gasteiger partial charge is 0.392 e. The maximum absolute atomic E-state index is 11.3. The number of carbonyl (C=O) groups excluding carboxylic acids is 1. The zero-order valence-corrected chi connectivity index (χ0v) is 22.6. The minimum absolute atomic E-state index is 0.0172. The number of hydrogen-bond donors (Lipinski definition) is 2. The fourth-order valence-corrected chi connectivity index (χ4v) is 5.44. The quantitative estimate of drug-likeness (QED) is 0.246. The van der Waals surface area contributed by atoms with Crippen molar-refractivity contribution in [2.24, 2.45) is 0 Å². The van der Waals surface area contributed by atoms with Crippen molar-refractivity contribution in [3.05, 3.63) is 119 Å². The van der Waals surface area contributed by atoms with Gasteiger partial charge in [0, 0.05) is 37.4 Å². The second-order valence-corrected chi connectivity index (χ2v) is 10.6. The van der Waals surface area contributed by atoms with Gasteiger partial charge in [-0.15, -0.1) is 11.8 Å². The molecule has 2 N–H and O–H groups in total. The third-order valence-electron chi connectivity index (χ3n) is 6.65. The fraction of sp³-hybridized carbons (Fsp3) is 0.250. The summed E-state index contributed by atoms with van der Waals surface area (Å²) in [6.07, 6.45) is 1.88. The van der Waals surface area contributed by atoms with E-state index < -0.39 is 6.29 Å². The number of nitrogens with one attached hydrogen (secondary N) is 1. The van der Waals surface area contributed by atoms with Crippen LogP contribution in [0.3, 0.4) is 0 Å². The molecule has 0 spiro atoms. The number of amides is 1. The summed E-state index contributed by atoms with van der Waals surface area (Å²) in [6, 6.07) is 30.3. The van der Waals surface area contributed by atoms with Crippen molar-refractivity contribution in [2.75, 3.05) is 5.75 Å². The average molecular weight is 541 g/mol. The third kappa shape index (κ3) is 7.34. The van der Waals surface area contributed by atoms with Gasteiger partial charge in [-0.05, 0) is 46.0 Å². The molecule has 3 aromatic carbocycles. The molecular formula is C32H32N2O4S. The van der Waals surface area contributed by atoms with E-state index in [0.29, 0.717) is 6.54 Å². The molecule has 2 heterocycles. The normalized spacial score (nSPS) is 19.0. The maximum Gasteiger partial charge on any atom is 0.217 e. The molecule has 0 radical (unpaired) electrons. The Balaban J connectivity index is 1.33. The van der Waals surface area contributed by atoms with Gasteiger partial charge in [-0.25, -0.2) is 4.98 Å². The molecule has 1 fully saturated rings. The predicted octanol–water partition coefficient (Wildman–Crippen LogP) is 6.21. The number of aliphatic hydroxyl groups excluding tert-OH is 1. The van der Waals surface area contributed by atoms with Crippen LogP contribution in [0.15, 0.2) is 102 Å². The van der Waals surface area contributed by atoms with E-state index in [1.165, 1.54) is 6.92 Å². The van der Waals surface area contributed by atoms with Crippen LogP contribution in [0.5, 0.6) is 0 Å². The van der Waals surface area contributed by atoms with E-state index in [4.69, 9.17) is 9.47 Å². The van der Waals surface area contributed by atoms with Gasteiger partial charge in [-0.1, -0.05) is 72.8 Å². The van der Waals surface area contributed by atoms with Gasteiger partial charge in [-0.2, -0.15) is 0 Å². The van der Waals surface area contributed by atoms with Crippen LogP contribution in [-0.2, 0) is 27.4 Å². The number of nitrogens with zero attached hydrogens (tertiary/aromatic N) is 1. The summed E-state index contributed by atoms with van der Waals surface area (Å²) >= 11 is 1.68. The number of aliphatic hydroxyl groups is 1. The Morgan fingerprint density at radius 1 is 0.923 bits per heavy atom. The molecular weight excluding hydrogens is 508 g/mol. The van der Waals surface area contributed by atoms with Gasteiger partial charge in [0.05, 0.1) is 23.8 Å². The maximum atomic E-state index is 11.3. The van der Waals surface area contributed by atoms with Gasteiger partial charge < -0.3 is 19.9 Å². The molecule has 0 aliphatic carbocycles. The SMILES string of the molecule is CC(=O)NCc1cccc(-c2ccc([C@H]3O[C@@H](CSc4ccccn4)C[C@@H](c4ccc(CO)cc4)O3)cc2)c1. The highest BCUT2D eigenvalue weighted by Crippen LogP contribution is 2.39. The van der Waals surface area contributed by atoms with Gasteiger partial charge in [0.25, 0.3) is 0 Å². The Bertz CT molecular complexity index is 1360. The van der Waals surface area contributed by atoms with E-state index >= 15 is 0 Å². The van der Waals surface area contributed by atoms with E-state index in [0.717, 1.165) is 50.6 Å². The Morgan fingerprint density at radius 2 is 1.72 bits per heavy atom. The molecule has 3 atom stereocenters. The van der Waals surface area contributed by atoms with E-state index in [1.54, 1.807) is 18.0 Å². The van der Waals surface area contributed by atoms with E-state index in [-0.39, 0.29) is 24.7 Å². The lowest BCUT2D eigenvalue weighted by atomic mass is 9.99. The monoisotopic (exact) mass is 540 g/mol. The van der Waals surface area contributed by atoms with Crippen molar-refractivity contribution in [3.8, 4) is 11.1 Å². The van der Waals surface area contributed by atoms with Crippen molar-refractivity contribution in [1.82, 2.24) is 10.3 Å². The topological polar surface area (TPSA) is 80.7 Å². The molecule has 4 aromatic rings. The van der Waals surface area contributed by atoms with E-state index in [9.17, 15) is 9.90 Å². The molecule has 5 rings (SSSR count). The minimum atomic E-state index is -0.504. The van der Waals surface area contributed by atoms with Crippen LogP contribution < -0.4 is 5.32 Å². The number of carbonyl (C=O) groups is 1. The second kappa shape index (κ2) is 13.0. The molecule has 1 aliphatic rings. The standard InChI is InChI=1S/C32H32N2O4S/c1-22(36)34-19-24-5-4-6-28(17-24)25-12-14-27(15-13-25)32-37-29(21-39-31-7-2-3-16-33-31)18-30(38-32)26-10-8-23(20-35)9-11-26/h2-17,29-30,32,35H,18-21H2,1H3,(H,34,36)/t29-,30+,32+/m1/s1. The Morgan fingerprint density at radius 3 is 2.44 bits per heavy atom. The molecule has 39 heavy (non-hydrogen) atoms. The van der Waals surface area contributed by atoms with Gasteiger partial charge in [0.15, 0.2) is 6.29 Å². The Kier molecular flexibility index (Phi) is 9.06. The molecule has 1 aliphatic heterocycles. The Labute approximate surface area is 233 Å². The number of thioether (sulfide) groups is 1. The highest BCUT2D eigenvalue weighted by Gasteiger charge is 2.32. The molecule has 7 heteroatoms. The lowest BCUT2D eigenvalue weighted by Gasteiger charge is -2.36. The molecule has 200 valence electrons. The first-order valence-electron chi connectivity index (χ1n) is 13.1. The van der Waals surface area contributed by atoms with Gasteiger partial charge in [0.2, 0.25) is 5.91 Å². The van der Waals surface area contributed by atoms with Gasteiger partial charge in [0.1, 0.15) is 0 Å². The van der Waals surface area contributed by atoms with Crippen LogP contribution in [-0.4, -0.2) is 27.9 Å². The molecule has 0 saturated carbocycles. The van der Waals surface area contributed by atoms with Crippen LogP contribution in [0, 0.1) is 0 Å². The van der Waals surface area contributed by atoms with Crippen LogP contribution in [0.1, 0.15) is 48.0 Å². The summed E-state index contributed by atoms with van der Waals surface area (Å²) in [4.78, 5) is 15.7. The number of hydrogen-bond acceptors (Lipinski definition) is 6. The highest BCUT2D eigenvalue weighted by atomic mass is 32.2. The molecule has 1 saturated heterocycles. The summed E-state index contributed by atoms with van der Waals surface area (Å²) in [6.45, 7) is 2.04. The number of aromatic nitrogens is 1. The zero-order valence-electron chi connectivity index (χ0n) is 21.8. The van der Waals surface area contributed by atoms with Crippen molar-refractivity contribution < 1.29 is 19.4 Å². The number of rotatable bonds is 9. The van der Waals surface area contributed by atoms with Crippen LogP contribution in [0.25, 0.3) is 11.1 Å². The van der Waals surface area contributed by atoms with Crippen LogP contribution >= 0.6 is 11.8 Å². The first-order valence-corrected chi connectivity index (χ1v) is 14.0. The summed E-state index contributed by atoms with van der Waals surface area (Å²) in [5.41, 5.74) is 6.12. The summed E-state index contributed by atoms with van der Waals surface area (Å²) in [5, 5.41) is 13.3. The molecule has 1 aromatic heterocycles. The number of pyridine rings is 1. The summed E-state index contributed by atoms with van der Waals surface area (Å²) < 4.78 is 12.9. The van der Waals surface area contributed by atoms with Crippen LogP contribution in [0.2, 0.25) is 0 Å². The second-order valence-electron chi connectivity index (χ2n) is 9.56. The number of benzene rings is 3. The number of ether oxygens (including phenoxy) is 2. The van der Waals surface area contributed by atoms with Crippen molar-refractivity contribution in [2.45, 2.75) is 50.0 Å². The molecule has 1 amide bonds.